The number of hydrogen-bond acceptors (Lipinski definition) is 7. The molecule has 0 fully saturated rings. The van der Waals surface area contributed by atoms with E-state index in [0.717, 1.165) is 68.9 Å². The minimum atomic E-state index is 0.200. The van der Waals surface area contributed by atoms with E-state index < -0.39 is 0 Å². The Labute approximate surface area is 266 Å². The van der Waals surface area contributed by atoms with Crippen molar-refractivity contribution in [3.8, 4) is 34.5 Å². The van der Waals surface area contributed by atoms with Gasteiger partial charge in [-0.1, -0.05) is 24.3 Å². The van der Waals surface area contributed by atoms with E-state index >= 15 is 0 Å². The number of aryl methyl sites for hydroxylation is 2. The molecular formula is C38H44N2O5. The Balaban J connectivity index is 1.15. The van der Waals surface area contributed by atoms with Gasteiger partial charge in [-0.05, 0) is 135 Å². The molecule has 6 rings (SSSR count). The second-order valence-electron chi connectivity index (χ2n) is 12.4. The summed E-state index contributed by atoms with van der Waals surface area (Å²) in [4.78, 5) is 4.80. The predicted molar refractivity (Wildman–Crippen MR) is 177 cm³/mol. The summed E-state index contributed by atoms with van der Waals surface area (Å²) in [5, 5.41) is 20.1. The standard InChI is InChI=1S/C38H44N2O5/c1-39-19-17-27-21-36(43-3)35(42)23-31(27)33(39)15-10-26-7-13-30(14-8-26)45-38-24-32-28(22-37(38)44-4)18-20-40(2)34(32)16-9-25-5-11-29(41)12-6-25/h5-8,11-14,21-24,33-34,41-42H,9-10,15-20H2,1-4H3. The fourth-order valence-electron chi connectivity index (χ4n) is 6.95. The third-order valence-electron chi connectivity index (χ3n) is 9.62. The molecule has 0 spiro atoms. The summed E-state index contributed by atoms with van der Waals surface area (Å²) < 4.78 is 17.6. The molecule has 7 heteroatoms. The fourth-order valence-corrected chi connectivity index (χ4v) is 6.95. The molecule has 0 bridgehead atoms. The van der Waals surface area contributed by atoms with Crippen LogP contribution in [0, 0.1) is 0 Å². The quantitative estimate of drug-likeness (QED) is 0.197. The Hall–Kier alpha value is -4.20. The Morgan fingerprint density at radius 2 is 1.16 bits per heavy atom. The number of methoxy groups -OCH3 is 2. The molecule has 0 aromatic heterocycles. The highest BCUT2D eigenvalue weighted by Crippen LogP contribution is 2.42. The first kappa shape index (κ1) is 30.8. The zero-order valence-corrected chi connectivity index (χ0v) is 26.8. The van der Waals surface area contributed by atoms with Crippen LogP contribution in [0.2, 0.25) is 0 Å². The van der Waals surface area contributed by atoms with Crippen molar-refractivity contribution in [2.45, 2.75) is 50.6 Å². The molecule has 2 N–H and O–H groups in total. The summed E-state index contributed by atoms with van der Waals surface area (Å²) >= 11 is 0. The molecule has 4 aromatic rings. The maximum absolute atomic E-state index is 10.4. The predicted octanol–water partition coefficient (Wildman–Crippen LogP) is 7.23. The van der Waals surface area contributed by atoms with Crippen LogP contribution in [-0.2, 0) is 25.7 Å². The molecule has 4 aromatic carbocycles. The van der Waals surface area contributed by atoms with Crippen LogP contribution >= 0.6 is 0 Å². The molecule has 0 saturated heterocycles. The van der Waals surface area contributed by atoms with Gasteiger partial charge in [0.25, 0.3) is 0 Å². The lowest BCUT2D eigenvalue weighted by Crippen LogP contribution is -2.32. The fraction of sp³-hybridized carbons (Fsp3) is 0.368. The monoisotopic (exact) mass is 608 g/mol. The molecule has 0 aliphatic carbocycles. The minimum absolute atomic E-state index is 0.200. The van der Waals surface area contributed by atoms with Gasteiger partial charge in [-0.25, -0.2) is 0 Å². The summed E-state index contributed by atoms with van der Waals surface area (Å²) in [6.07, 6.45) is 5.69. The van der Waals surface area contributed by atoms with E-state index in [2.05, 4.69) is 48.2 Å². The Morgan fingerprint density at radius 3 is 1.71 bits per heavy atom. The lowest BCUT2D eigenvalue weighted by Gasteiger charge is -2.35. The molecule has 0 amide bonds. The number of likely N-dealkylation sites (N-methyl/N-ethyl adjacent to an activating group) is 2. The first-order valence-corrected chi connectivity index (χ1v) is 15.9. The zero-order valence-electron chi connectivity index (χ0n) is 26.8. The molecule has 7 nitrogen and oxygen atoms in total. The molecule has 2 aliphatic heterocycles. The average Bonchev–Trinajstić information content (AvgIpc) is 3.05. The SMILES string of the molecule is COc1cc2c(cc1O)C(CCc1ccc(Oc3cc4c(cc3OC)CCN(C)C4CCc3ccc(O)cc3)cc1)N(C)CC2. The normalized spacial score (nSPS) is 18.2. The Kier molecular flexibility index (Phi) is 9.19. The third-order valence-corrected chi connectivity index (χ3v) is 9.62. The Morgan fingerprint density at radius 1 is 0.644 bits per heavy atom. The van der Waals surface area contributed by atoms with Crippen LogP contribution in [-0.4, -0.2) is 61.4 Å². The first-order chi connectivity index (χ1) is 21.8. The third kappa shape index (κ3) is 6.75. The van der Waals surface area contributed by atoms with Gasteiger partial charge in [-0.15, -0.1) is 0 Å². The molecular weight excluding hydrogens is 564 g/mol. The maximum atomic E-state index is 10.4. The van der Waals surface area contributed by atoms with Gasteiger partial charge in [0.05, 0.1) is 14.2 Å². The van der Waals surface area contributed by atoms with Crippen molar-refractivity contribution >= 4 is 0 Å². The molecule has 2 heterocycles. The number of phenols is 2. The zero-order chi connectivity index (χ0) is 31.5. The van der Waals surface area contributed by atoms with Gasteiger partial charge >= 0.3 is 0 Å². The van der Waals surface area contributed by atoms with Gasteiger partial charge in [-0.2, -0.15) is 0 Å². The average molecular weight is 609 g/mol. The van der Waals surface area contributed by atoms with Crippen molar-refractivity contribution in [3.05, 3.63) is 106 Å². The highest BCUT2D eigenvalue weighted by atomic mass is 16.5. The number of hydrogen-bond donors (Lipinski definition) is 2. The molecule has 0 saturated carbocycles. The molecule has 2 aliphatic rings. The number of rotatable bonds is 10. The van der Waals surface area contributed by atoms with Crippen molar-refractivity contribution < 1.29 is 24.4 Å². The number of phenolic OH excluding ortho intramolecular Hbond substituents is 2. The second kappa shape index (κ2) is 13.4. The smallest absolute Gasteiger partial charge is 0.169 e. The largest absolute Gasteiger partial charge is 0.508 e. The van der Waals surface area contributed by atoms with E-state index in [9.17, 15) is 10.2 Å². The molecule has 236 valence electrons. The lowest BCUT2D eigenvalue weighted by atomic mass is 9.88. The van der Waals surface area contributed by atoms with Crippen molar-refractivity contribution in [2.24, 2.45) is 0 Å². The molecule has 2 atom stereocenters. The first-order valence-electron chi connectivity index (χ1n) is 15.9. The van der Waals surface area contributed by atoms with E-state index in [1.165, 1.54) is 33.4 Å². The van der Waals surface area contributed by atoms with Gasteiger partial charge < -0.3 is 24.4 Å². The van der Waals surface area contributed by atoms with Gasteiger partial charge in [0, 0.05) is 25.2 Å². The van der Waals surface area contributed by atoms with E-state index in [1.807, 2.05) is 36.4 Å². The van der Waals surface area contributed by atoms with Crippen LogP contribution in [0.5, 0.6) is 34.5 Å². The van der Waals surface area contributed by atoms with Crippen LogP contribution < -0.4 is 14.2 Å². The van der Waals surface area contributed by atoms with Crippen molar-refractivity contribution in [2.75, 3.05) is 41.4 Å². The van der Waals surface area contributed by atoms with Gasteiger partial charge in [0.15, 0.2) is 23.0 Å². The van der Waals surface area contributed by atoms with E-state index in [4.69, 9.17) is 14.2 Å². The van der Waals surface area contributed by atoms with Crippen molar-refractivity contribution in [1.82, 2.24) is 9.80 Å². The summed E-state index contributed by atoms with van der Waals surface area (Å²) in [7, 11) is 7.65. The van der Waals surface area contributed by atoms with E-state index in [-0.39, 0.29) is 17.8 Å². The molecule has 2 unspecified atom stereocenters. The number of ether oxygens (including phenoxy) is 3. The number of benzene rings is 4. The number of fused-ring (bicyclic) bond motifs is 2. The van der Waals surface area contributed by atoms with Crippen LogP contribution in [0.15, 0.2) is 72.8 Å². The van der Waals surface area contributed by atoms with Crippen LogP contribution in [0.1, 0.15) is 58.3 Å². The summed E-state index contributed by atoms with van der Waals surface area (Å²) in [6.45, 7) is 1.98. The summed E-state index contributed by atoms with van der Waals surface area (Å²) in [5.41, 5.74) is 7.50. The number of nitrogens with zero attached hydrogens (tertiary/aromatic N) is 2. The van der Waals surface area contributed by atoms with E-state index in [0.29, 0.717) is 11.5 Å². The Bertz CT molecular complexity index is 1620. The van der Waals surface area contributed by atoms with Crippen LogP contribution in [0.25, 0.3) is 0 Å². The van der Waals surface area contributed by atoms with Crippen molar-refractivity contribution in [3.63, 3.8) is 0 Å². The van der Waals surface area contributed by atoms with Crippen LogP contribution in [0.4, 0.5) is 0 Å². The van der Waals surface area contributed by atoms with Gasteiger partial charge in [-0.3, -0.25) is 9.80 Å². The molecule has 45 heavy (non-hydrogen) atoms. The summed E-state index contributed by atoms with van der Waals surface area (Å²) in [6, 6.07) is 24.6. The van der Waals surface area contributed by atoms with Gasteiger partial charge in [0.1, 0.15) is 11.5 Å². The summed E-state index contributed by atoms with van der Waals surface area (Å²) in [5.74, 6) is 3.29. The van der Waals surface area contributed by atoms with Gasteiger partial charge in [0.2, 0.25) is 0 Å². The minimum Gasteiger partial charge on any atom is -0.508 e. The highest BCUT2D eigenvalue weighted by molar-refractivity contribution is 5.52. The van der Waals surface area contributed by atoms with E-state index in [1.54, 1.807) is 26.4 Å². The molecule has 0 radical (unpaired) electrons. The second-order valence-corrected chi connectivity index (χ2v) is 12.4. The lowest BCUT2D eigenvalue weighted by molar-refractivity contribution is 0.218. The number of aromatic hydroxyl groups is 2. The van der Waals surface area contributed by atoms with Crippen LogP contribution in [0.3, 0.4) is 0 Å². The highest BCUT2D eigenvalue weighted by Gasteiger charge is 2.28. The topological polar surface area (TPSA) is 74.6 Å². The van der Waals surface area contributed by atoms with Crippen molar-refractivity contribution in [1.29, 1.82) is 0 Å². The maximum Gasteiger partial charge on any atom is 0.169 e.